The minimum absolute atomic E-state index is 0.0909. The molecule has 0 aliphatic heterocycles. The number of ether oxygens (including phenoxy) is 1. The Morgan fingerprint density at radius 1 is 1.46 bits per heavy atom. The van der Waals surface area contributed by atoms with E-state index in [9.17, 15) is 10.1 Å². The second kappa shape index (κ2) is 7.81. The molecule has 0 fully saturated rings. The molecule has 1 aliphatic rings. The number of rotatable bonds is 4. The number of fused-ring (bicyclic) bond motifs is 1. The van der Waals surface area contributed by atoms with Crippen molar-refractivity contribution in [3.05, 3.63) is 43.7 Å². The van der Waals surface area contributed by atoms with Crippen LogP contribution in [-0.2, 0) is 17.6 Å². The number of benzene rings is 1. The summed E-state index contributed by atoms with van der Waals surface area (Å²) in [6.07, 6.45) is 2.99. The Morgan fingerprint density at radius 2 is 2.23 bits per heavy atom. The summed E-state index contributed by atoms with van der Waals surface area (Å²) in [7, 11) is 0. The first-order chi connectivity index (χ1) is 12.4. The van der Waals surface area contributed by atoms with Gasteiger partial charge in [0, 0.05) is 4.88 Å². The molecule has 1 aromatic heterocycles. The molecule has 0 saturated carbocycles. The zero-order valence-corrected chi connectivity index (χ0v) is 17.5. The molecule has 1 atom stereocenters. The fourth-order valence-electron chi connectivity index (χ4n) is 3.34. The molecule has 1 aliphatic carbocycles. The number of carbonyl (C=O) groups excluding carboxylic acids is 1. The van der Waals surface area contributed by atoms with Crippen molar-refractivity contribution >= 4 is 38.2 Å². The normalized spacial score (nSPS) is 15.9. The first-order valence-corrected chi connectivity index (χ1v) is 10.2. The average molecular weight is 433 g/mol. The number of nitrogens with one attached hydrogen (secondary N) is 1. The summed E-state index contributed by atoms with van der Waals surface area (Å²) in [6.45, 7) is 6.10. The lowest BCUT2D eigenvalue weighted by atomic mass is 9.89. The molecule has 1 aromatic carbocycles. The number of nitrogens with zero attached hydrogens (tertiary/aromatic N) is 1. The van der Waals surface area contributed by atoms with Crippen LogP contribution in [0, 0.1) is 31.1 Å². The van der Waals surface area contributed by atoms with E-state index in [2.05, 4.69) is 34.2 Å². The number of hydrogen-bond donors (Lipinski definition) is 1. The lowest BCUT2D eigenvalue weighted by Gasteiger charge is -2.17. The highest BCUT2D eigenvalue weighted by Gasteiger charge is 2.24. The Balaban J connectivity index is 1.71. The van der Waals surface area contributed by atoms with Crippen LogP contribution < -0.4 is 10.1 Å². The lowest BCUT2D eigenvalue weighted by molar-refractivity contribution is -0.118. The third-order valence-electron chi connectivity index (χ3n) is 4.60. The van der Waals surface area contributed by atoms with Crippen molar-refractivity contribution < 1.29 is 9.53 Å². The van der Waals surface area contributed by atoms with Gasteiger partial charge in [0.05, 0.1) is 10.0 Å². The van der Waals surface area contributed by atoms with Crippen LogP contribution in [0.15, 0.2) is 16.6 Å². The van der Waals surface area contributed by atoms with Gasteiger partial charge in [-0.3, -0.25) is 4.79 Å². The number of hydrogen-bond acceptors (Lipinski definition) is 4. The molecule has 4 nitrogen and oxygen atoms in total. The zero-order valence-electron chi connectivity index (χ0n) is 15.1. The maximum Gasteiger partial charge on any atom is 0.262 e. The van der Waals surface area contributed by atoms with E-state index in [1.165, 1.54) is 16.2 Å². The molecule has 3 rings (SSSR count). The summed E-state index contributed by atoms with van der Waals surface area (Å²) < 4.78 is 6.55. The fourth-order valence-corrected chi connectivity index (χ4v) is 5.51. The van der Waals surface area contributed by atoms with Crippen LogP contribution in [0.4, 0.5) is 5.00 Å². The molecular formula is C20H21BrN2O2S. The van der Waals surface area contributed by atoms with E-state index in [0.717, 1.165) is 40.4 Å². The van der Waals surface area contributed by atoms with Gasteiger partial charge in [0.2, 0.25) is 0 Å². The van der Waals surface area contributed by atoms with E-state index < -0.39 is 0 Å². The van der Waals surface area contributed by atoms with E-state index in [0.29, 0.717) is 22.2 Å². The average Bonchev–Trinajstić information content (AvgIpc) is 2.89. The highest BCUT2D eigenvalue weighted by atomic mass is 79.9. The van der Waals surface area contributed by atoms with Gasteiger partial charge in [-0.1, -0.05) is 13.0 Å². The maximum absolute atomic E-state index is 12.4. The summed E-state index contributed by atoms with van der Waals surface area (Å²) >= 11 is 5.01. The maximum atomic E-state index is 12.4. The van der Waals surface area contributed by atoms with Gasteiger partial charge in [-0.05, 0) is 77.7 Å². The van der Waals surface area contributed by atoms with Crippen LogP contribution in [0.3, 0.4) is 0 Å². The predicted octanol–water partition coefficient (Wildman–Crippen LogP) is 5.14. The number of amides is 1. The van der Waals surface area contributed by atoms with Gasteiger partial charge in [-0.25, -0.2) is 0 Å². The van der Waals surface area contributed by atoms with Crippen molar-refractivity contribution in [1.82, 2.24) is 0 Å². The number of anilines is 1. The predicted molar refractivity (Wildman–Crippen MR) is 108 cm³/mol. The Kier molecular flexibility index (Phi) is 5.69. The SMILES string of the molecule is Cc1cc(C)c(OCC(=O)Nc2sc3c(c2C#N)CC[C@H](C)C3)c(Br)c1. The fraction of sp³-hybridized carbons (Fsp3) is 0.400. The van der Waals surface area contributed by atoms with Gasteiger partial charge >= 0.3 is 0 Å². The van der Waals surface area contributed by atoms with Gasteiger partial charge < -0.3 is 10.1 Å². The third-order valence-corrected chi connectivity index (χ3v) is 6.36. The van der Waals surface area contributed by atoms with Crippen molar-refractivity contribution in [2.45, 2.75) is 40.0 Å². The molecule has 1 amide bonds. The van der Waals surface area contributed by atoms with E-state index in [1.54, 1.807) is 0 Å². The Labute approximate surface area is 166 Å². The molecule has 1 N–H and O–H groups in total. The smallest absolute Gasteiger partial charge is 0.262 e. The first-order valence-electron chi connectivity index (χ1n) is 8.63. The van der Waals surface area contributed by atoms with Gasteiger partial charge in [0.1, 0.15) is 16.8 Å². The topological polar surface area (TPSA) is 62.1 Å². The minimum atomic E-state index is -0.250. The summed E-state index contributed by atoms with van der Waals surface area (Å²) in [5.41, 5.74) is 3.84. The second-order valence-electron chi connectivity index (χ2n) is 6.90. The molecule has 26 heavy (non-hydrogen) atoms. The lowest BCUT2D eigenvalue weighted by Crippen LogP contribution is -2.20. The monoisotopic (exact) mass is 432 g/mol. The molecule has 136 valence electrons. The molecule has 0 saturated heterocycles. The molecule has 0 radical (unpaired) electrons. The van der Waals surface area contributed by atoms with Gasteiger partial charge in [-0.2, -0.15) is 5.26 Å². The molecular weight excluding hydrogens is 412 g/mol. The van der Waals surface area contributed by atoms with E-state index >= 15 is 0 Å². The van der Waals surface area contributed by atoms with Crippen molar-refractivity contribution in [3.63, 3.8) is 0 Å². The van der Waals surface area contributed by atoms with Crippen molar-refractivity contribution in [2.24, 2.45) is 5.92 Å². The highest BCUT2D eigenvalue weighted by molar-refractivity contribution is 9.10. The van der Waals surface area contributed by atoms with Gasteiger partial charge in [-0.15, -0.1) is 11.3 Å². The van der Waals surface area contributed by atoms with Crippen molar-refractivity contribution in [2.75, 3.05) is 11.9 Å². The molecule has 0 unspecified atom stereocenters. The molecule has 0 bridgehead atoms. The highest BCUT2D eigenvalue weighted by Crippen LogP contribution is 2.39. The quantitative estimate of drug-likeness (QED) is 0.726. The number of nitriles is 1. The Hall–Kier alpha value is -1.84. The van der Waals surface area contributed by atoms with Crippen LogP contribution in [-0.4, -0.2) is 12.5 Å². The van der Waals surface area contributed by atoms with E-state index in [4.69, 9.17) is 4.74 Å². The van der Waals surface area contributed by atoms with E-state index in [1.807, 2.05) is 26.0 Å². The molecule has 6 heteroatoms. The second-order valence-corrected chi connectivity index (χ2v) is 8.86. The number of thiophene rings is 1. The Bertz CT molecular complexity index is 875. The summed E-state index contributed by atoms with van der Waals surface area (Å²) in [5, 5.41) is 13.0. The first kappa shape index (κ1) is 18.9. The number of aryl methyl sites for hydroxylation is 2. The number of halogens is 1. The molecule has 2 aromatic rings. The van der Waals surface area contributed by atoms with Crippen LogP contribution in [0.5, 0.6) is 5.75 Å². The van der Waals surface area contributed by atoms with Crippen molar-refractivity contribution in [3.8, 4) is 11.8 Å². The Morgan fingerprint density at radius 3 is 2.92 bits per heavy atom. The van der Waals surface area contributed by atoms with E-state index in [-0.39, 0.29) is 12.5 Å². The summed E-state index contributed by atoms with van der Waals surface area (Å²) in [6, 6.07) is 6.24. The standard InChI is InChI=1S/C20H21BrN2O2S/c1-11-4-5-14-15(9-22)20(26-17(14)8-11)23-18(24)10-25-19-13(3)6-12(2)7-16(19)21/h6-7,11H,4-5,8,10H2,1-3H3,(H,23,24)/t11-/m0/s1. The van der Waals surface area contributed by atoms with Crippen LogP contribution in [0.2, 0.25) is 0 Å². The third kappa shape index (κ3) is 3.94. The minimum Gasteiger partial charge on any atom is -0.482 e. The largest absolute Gasteiger partial charge is 0.482 e. The molecule has 1 heterocycles. The van der Waals surface area contributed by atoms with Crippen molar-refractivity contribution in [1.29, 1.82) is 5.26 Å². The van der Waals surface area contributed by atoms with Crippen LogP contribution >= 0.6 is 27.3 Å². The zero-order chi connectivity index (χ0) is 18.8. The summed E-state index contributed by atoms with van der Waals surface area (Å²) in [4.78, 5) is 13.6. The van der Waals surface area contributed by atoms with Gasteiger partial charge in [0.15, 0.2) is 6.61 Å². The van der Waals surface area contributed by atoms with Gasteiger partial charge in [0.25, 0.3) is 5.91 Å². The van der Waals surface area contributed by atoms with Crippen LogP contribution in [0.1, 0.15) is 40.5 Å². The van der Waals surface area contributed by atoms with Crippen LogP contribution in [0.25, 0.3) is 0 Å². The summed E-state index contributed by atoms with van der Waals surface area (Å²) in [5.74, 6) is 1.05. The number of carbonyl (C=O) groups is 1. The molecule has 0 spiro atoms.